The number of hydrogen-bond acceptors (Lipinski definition) is 3. The Kier molecular flexibility index (Phi) is 4.97. The van der Waals surface area contributed by atoms with Gasteiger partial charge < -0.3 is 4.90 Å². The van der Waals surface area contributed by atoms with Crippen molar-refractivity contribution in [2.24, 2.45) is 0 Å². The Morgan fingerprint density at radius 2 is 1.72 bits per heavy atom. The quantitative estimate of drug-likeness (QED) is 0.779. The summed E-state index contributed by atoms with van der Waals surface area (Å²) in [6.07, 6.45) is 8.84. The first-order valence-electron chi connectivity index (χ1n) is 9.74. The maximum absolute atomic E-state index is 12.9. The van der Waals surface area contributed by atoms with Gasteiger partial charge >= 0.3 is 0 Å². The van der Waals surface area contributed by atoms with Crippen molar-refractivity contribution >= 4 is 5.78 Å². The molecule has 2 aromatic rings. The van der Waals surface area contributed by atoms with Crippen LogP contribution >= 0.6 is 0 Å². The molecule has 0 N–H and O–H groups in total. The third kappa shape index (κ3) is 3.54. The zero-order valence-electron chi connectivity index (χ0n) is 14.9. The maximum Gasteiger partial charge on any atom is 0.184 e. The van der Waals surface area contributed by atoms with Crippen molar-refractivity contribution in [2.75, 3.05) is 19.6 Å². The number of nitrogens with zero attached hydrogens (tertiary/aromatic N) is 3. The van der Waals surface area contributed by atoms with E-state index in [2.05, 4.69) is 17.0 Å². The van der Waals surface area contributed by atoms with Gasteiger partial charge in [-0.25, -0.2) is 4.68 Å². The maximum atomic E-state index is 12.9. The summed E-state index contributed by atoms with van der Waals surface area (Å²) >= 11 is 0. The van der Waals surface area contributed by atoms with E-state index in [1.165, 1.54) is 43.4 Å². The highest BCUT2D eigenvalue weighted by molar-refractivity contribution is 5.96. The summed E-state index contributed by atoms with van der Waals surface area (Å²) in [6.45, 7) is 3.17. The summed E-state index contributed by atoms with van der Waals surface area (Å²) in [5.41, 5.74) is 4.25. The number of ketones is 1. The van der Waals surface area contributed by atoms with Gasteiger partial charge in [0.1, 0.15) is 5.69 Å². The number of carbonyl (C=O) groups excluding carboxylic acids is 1. The van der Waals surface area contributed by atoms with Crippen molar-refractivity contribution in [3.05, 3.63) is 47.3 Å². The second-order valence-electron chi connectivity index (χ2n) is 7.30. The third-order valence-corrected chi connectivity index (χ3v) is 5.55. The van der Waals surface area contributed by atoms with Crippen LogP contribution in [0.25, 0.3) is 5.69 Å². The van der Waals surface area contributed by atoms with Gasteiger partial charge in [-0.2, -0.15) is 5.10 Å². The van der Waals surface area contributed by atoms with E-state index in [-0.39, 0.29) is 5.78 Å². The normalized spacial score (nSPS) is 18.1. The first-order chi connectivity index (χ1) is 12.3. The van der Waals surface area contributed by atoms with Gasteiger partial charge in [0.05, 0.1) is 5.69 Å². The predicted octanol–water partition coefficient (Wildman–Crippen LogP) is 3.81. The molecule has 1 saturated heterocycles. The van der Waals surface area contributed by atoms with Crippen LogP contribution in [0.1, 0.15) is 60.3 Å². The molecule has 1 aliphatic carbocycles. The Morgan fingerprint density at radius 3 is 2.52 bits per heavy atom. The first kappa shape index (κ1) is 16.5. The van der Waals surface area contributed by atoms with Crippen LogP contribution in [0.15, 0.2) is 30.3 Å². The fourth-order valence-corrected chi connectivity index (χ4v) is 4.17. The lowest BCUT2D eigenvalue weighted by atomic mass is 9.94. The molecule has 1 aliphatic heterocycles. The highest BCUT2D eigenvalue weighted by Gasteiger charge is 2.25. The van der Waals surface area contributed by atoms with Gasteiger partial charge in [-0.3, -0.25) is 4.79 Å². The number of rotatable bonds is 5. The monoisotopic (exact) mass is 337 g/mol. The molecule has 0 amide bonds. The highest BCUT2D eigenvalue weighted by Crippen LogP contribution is 2.27. The van der Waals surface area contributed by atoms with Gasteiger partial charge in [0.2, 0.25) is 0 Å². The van der Waals surface area contributed by atoms with Gasteiger partial charge in [-0.15, -0.1) is 0 Å². The summed E-state index contributed by atoms with van der Waals surface area (Å²) in [5, 5.41) is 4.77. The lowest BCUT2D eigenvalue weighted by Gasteiger charge is -2.25. The predicted molar refractivity (Wildman–Crippen MR) is 99.4 cm³/mol. The number of likely N-dealkylation sites (tertiary alicyclic amines) is 1. The van der Waals surface area contributed by atoms with E-state index in [0.717, 1.165) is 43.9 Å². The smallest absolute Gasteiger partial charge is 0.184 e. The molecule has 132 valence electrons. The fraction of sp³-hybridized carbons (Fsp3) is 0.524. The van der Waals surface area contributed by atoms with Crippen molar-refractivity contribution in [1.29, 1.82) is 0 Å². The van der Waals surface area contributed by atoms with E-state index < -0.39 is 0 Å². The minimum atomic E-state index is 0.221. The molecule has 0 unspecified atom stereocenters. The van der Waals surface area contributed by atoms with Gasteiger partial charge in [-0.05, 0) is 63.7 Å². The number of para-hydroxylation sites is 1. The molecule has 4 heteroatoms. The number of aromatic nitrogens is 2. The molecule has 2 aliphatic rings. The molecule has 0 atom stereocenters. The number of hydrogen-bond donors (Lipinski definition) is 0. The van der Waals surface area contributed by atoms with E-state index in [1.54, 1.807) is 0 Å². The van der Waals surface area contributed by atoms with Crippen LogP contribution in [0.2, 0.25) is 0 Å². The van der Waals surface area contributed by atoms with Gasteiger partial charge in [-0.1, -0.05) is 24.6 Å². The van der Waals surface area contributed by atoms with Crippen molar-refractivity contribution in [3.63, 3.8) is 0 Å². The van der Waals surface area contributed by atoms with Crippen LogP contribution in [0, 0.1) is 0 Å². The summed E-state index contributed by atoms with van der Waals surface area (Å²) < 4.78 is 2.02. The van der Waals surface area contributed by atoms with E-state index in [1.807, 2.05) is 22.9 Å². The van der Waals surface area contributed by atoms with Crippen LogP contribution in [-0.4, -0.2) is 40.1 Å². The van der Waals surface area contributed by atoms with E-state index >= 15 is 0 Å². The number of fused-ring (bicyclic) bond motifs is 1. The lowest BCUT2D eigenvalue weighted by Crippen LogP contribution is -2.31. The van der Waals surface area contributed by atoms with Crippen LogP contribution in [0.3, 0.4) is 0 Å². The Hall–Kier alpha value is -1.94. The molecular formula is C21H27N3O. The van der Waals surface area contributed by atoms with Gasteiger partial charge in [0.25, 0.3) is 0 Å². The molecule has 1 aromatic carbocycles. The zero-order chi connectivity index (χ0) is 17.1. The average Bonchev–Trinajstić information content (AvgIpc) is 3.07. The van der Waals surface area contributed by atoms with E-state index in [9.17, 15) is 4.79 Å². The SMILES string of the molecule is O=C(CCN1CCCCC1)c1nn(-c2ccccc2)c2c1CCCC2. The topological polar surface area (TPSA) is 38.1 Å². The summed E-state index contributed by atoms with van der Waals surface area (Å²) in [4.78, 5) is 15.3. The first-order valence-corrected chi connectivity index (χ1v) is 9.74. The molecule has 1 fully saturated rings. The lowest BCUT2D eigenvalue weighted by molar-refractivity contribution is 0.0952. The van der Waals surface area contributed by atoms with Crippen LogP contribution in [0.4, 0.5) is 0 Å². The molecule has 0 bridgehead atoms. The zero-order valence-corrected chi connectivity index (χ0v) is 14.9. The Bertz CT molecular complexity index is 729. The molecule has 25 heavy (non-hydrogen) atoms. The van der Waals surface area contributed by atoms with Crippen LogP contribution in [0.5, 0.6) is 0 Å². The summed E-state index contributed by atoms with van der Waals surface area (Å²) in [6, 6.07) is 10.2. The molecule has 4 nitrogen and oxygen atoms in total. The molecule has 0 spiro atoms. The van der Waals surface area contributed by atoms with E-state index in [0.29, 0.717) is 6.42 Å². The molecule has 0 saturated carbocycles. The minimum absolute atomic E-state index is 0.221. The molecule has 2 heterocycles. The number of piperidine rings is 1. The summed E-state index contributed by atoms with van der Waals surface area (Å²) in [7, 11) is 0. The van der Waals surface area contributed by atoms with Crippen molar-refractivity contribution in [2.45, 2.75) is 51.4 Å². The van der Waals surface area contributed by atoms with Crippen LogP contribution < -0.4 is 0 Å². The Labute approximate surface area is 149 Å². The van der Waals surface area contributed by atoms with Gasteiger partial charge in [0.15, 0.2) is 5.78 Å². The minimum Gasteiger partial charge on any atom is -0.303 e. The second kappa shape index (κ2) is 7.52. The fourth-order valence-electron chi connectivity index (χ4n) is 4.17. The number of benzene rings is 1. The molecule has 0 radical (unpaired) electrons. The van der Waals surface area contributed by atoms with Crippen molar-refractivity contribution in [3.8, 4) is 5.69 Å². The Morgan fingerprint density at radius 1 is 0.960 bits per heavy atom. The van der Waals surface area contributed by atoms with E-state index in [4.69, 9.17) is 5.10 Å². The summed E-state index contributed by atoms with van der Waals surface area (Å²) in [5.74, 6) is 0.221. The van der Waals surface area contributed by atoms with Crippen LogP contribution in [-0.2, 0) is 12.8 Å². The number of carbonyl (C=O) groups is 1. The second-order valence-corrected chi connectivity index (χ2v) is 7.30. The third-order valence-electron chi connectivity index (χ3n) is 5.55. The number of Topliss-reactive ketones (excluding diaryl/α,β-unsaturated/α-hetero) is 1. The highest BCUT2D eigenvalue weighted by atomic mass is 16.1. The molecule has 1 aromatic heterocycles. The average molecular weight is 337 g/mol. The van der Waals surface area contributed by atoms with Gasteiger partial charge in [0, 0.05) is 24.2 Å². The molecule has 4 rings (SSSR count). The van der Waals surface area contributed by atoms with Crippen molar-refractivity contribution < 1.29 is 4.79 Å². The largest absolute Gasteiger partial charge is 0.303 e. The Balaban J connectivity index is 1.56. The molecular weight excluding hydrogens is 310 g/mol. The van der Waals surface area contributed by atoms with Crippen molar-refractivity contribution in [1.82, 2.24) is 14.7 Å². The standard InChI is InChI=1S/C21H27N3O/c25-20(13-16-23-14-7-2-8-15-23)21-18-11-5-6-12-19(18)24(22-21)17-9-3-1-4-10-17/h1,3-4,9-10H,2,5-8,11-16H2.